The molecule has 0 aliphatic carbocycles. The van der Waals surface area contributed by atoms with Crippen molar-refractivity contribution in [1.29, 1.82) is 0 Å². The molecule has 2 aromatic carbocycles. The third-order valence-electron chi connectivity index (χ3n) is 6.91. The van der Waals surface area contributed by atoms with E-state index in [0.29, 0.717) is 16.5 Å². The Balaban J connectivity index is 1.71. The summed E-state index contributed by atoms with van der Waals surface area (Å²) in [7, 11) is -0.806. The van der Waals surface area contributed by atoms with Gasteiger partial charge in [0.25, 0.3) is 11.8 Å². The van der Waals surface area contributed by atoms with Crippen LogP contribution >= 0.6 is 11.6 Å². The van der Waals surface area contributed by atoms with Crippen LogP contribution < -0.4 is 10.1 Å². The van der Waals surface area contributed by atoms with Crippen LogP contribution in [0.15, 0.2) is 57.9 Å². The van der Waals surface area contributed by atoms with Crippen molar-refractivity contribution >= 4 is 39.1 Å². The molecule has 1 N–H and O–H groups in total. The second-order valence-electron chi connectivity index (χ2n) is 10.1. The van der Waals surface area contributed by atoms with Crippen molar-refractivity contribution in [2.45, 2.75) is 37.8 Å². The standard InChI is InChI=1S/C28H33ClN4O7S/c1-17-14-33(41(36,37)22-8-6-7-20(29)12-22)18(2)16-39-25-13-21(30-27(34)24-11-19(3)40-31-24)9-10-23(25)28(35)32(4)15-26(17)38-5/h6-13,17-18,26H,14-16H2,1-5H3,(H,30,34)/t17-,18-,26-/m1/s1. The summed E-state index contributed by atoms with van der Waals surface area (Å²) in [6.45, 7) is 5.53. The van der Waals surface area contributed by atoms with E-state index >= 15 is 0 Å². The molecule has 0 saturated heterocycles. The maximum atomic E-state index is 13.8. The summed E-state index contributed by atoms with van der Waals surface area (Å²) < 4.78 is 45.8. The van der Waals surface area contributed by atoms with E-state index in [-0.39, 0.29) is 53.4 Å². The lowest BCUT2D eigenvalue weighted by atomic mass is 10.0. The molecule has 0 fully saturated rings. The smallest absolute Gasteiger partial charge is 0.277 e. The summed E-state index contributed by atoms with van der Waals surface area (Å²) in [5, 5.41) is 6.75. The zero-order chi connectivity index (χ0) is 29.9. The normalized spacial score (nSPS) is 20.9. The molecule has 13 heteroatoms. The molecular weight excluding hydrogens is 572 g/mol. The monoisotopic (exact) mass is 604 g/mol. The summed E-state index contributed by atoms with van der Waals surface area (Å²) in [4.78, 5) is 27.7. The van der Waals surface area contributed by atoms with Crippen LogP contribution in [-0.4, -0.2) is 80.6 Å². The fraction of sp³-hybridized carbons (Fsp3) is 0.393. The summed E-state index contributed by atoms with van der Waals surface area (Å²) in [5.41, 5.74) is 0.709. The molecule has 2 amide bonds. The number of halogens is 1. The number of likely N-dealkylation sites (N-methyl/N-ethyl adjacent to an activating group) is 1. The number of carbonyl (C=O) groups is 2. The summed E-state index contributed by atoms with van der Waals surface area (Å²) >= 11 is 6.12. The molecule has 1 aliphatic rings. The van der Waals surface area contributed by atoms with Gasteiger partial charge in [0, 0.05) is 50.1 Å². The van der Waals surface area contributed by atoms with E-state index in [2.05, 4.69) is 10.5 Å². The van der Waals surface area contributed by atoms with Gasteiger partial charge < -0.3 is 24.2 Å². The van der Waals surface area contributed by atoms with Gasteiger partial charge in [-0.25, -0.2) is 8.42 Å². The first kappa shape index (κ1) is 30.5. The van der Waals surface area contributed by atoms with E-state index in [4.69, 9.17) is 25.6 Å². The number of methoxy groups -OCH3 is 1. The van der Waals surface area contributed by atoms with Gasteiger partial charge in [-0.2, -0.15) is 4.31 Å². The van der Waals surface area contributed by atoms with Gasteiger partial charge >= 0.3 is 0 Å². The van der Waals surface area contributed by atoms with Crippen molar-refractivity contribution in [3.8, 4) is 5.75 Å². The lowest BCUT2D eigenvalue weighted by molar-refractivity contribution is 0.0212. The molecule has 0 spiro atoms. The van der Waals surface area contributed by atoms with Gasteiger partial charge in [-0.1, -0.05) is 29.7 Å². The SMILES string of the molecule is CO[C@@H]1CN(C)C(=O)c2ccc(NC(=O)c3cc(C)on3)cc2OC[C@@H](C)N(S(=O)(=O)c2cccc(Cl)c2)C[C@H]1C. The lowest BCUT2D eigenvalue weighted by Gasteiger charge is -2.35. The Kier molecular flexibility index (Phi) is 9.37. The number of sulfonamides is 1. The molecule has 1 aliphatic heterocycles. The number of nitrogens with one attached hydrogen (secondary N) is 1. The zero-order valence-electron chi connectivity index (χ0n) is 23.5. The highest BCUT2D eigenvalue weighted by Gasteiger charge is 2.35. The van der Waals surface area contributed by atoms with E-state index in [1.165, 1.54) is 40.6 Å². The number of aryl methyl sites for hydroxylation is 1. The molecule has 0 saturated carbocycles. The summed E-state index contributed by atoms with van der Waals surface area (Å²) in [6, 6.07) is 11.6. The fourth-order valence-corrected chi connectivity index (χ4v) is 6.60. The number of rotatable bonds is 5. The van der Waals surface area contributed by atoms with Gasteiger partial charge in [-0.3, -0.25) is 9.59 Å². The highest BCUT2D eigenvalue weighted by Crippen LogP contribution is 2.29. The highest BCUT2D eigenvalue weighted by atomic mass is 35.5. The van der Waals surface area contributed by atoms with Crippen molar-refractivity contribution in [1.82, 2.24) is 14.4 Å². The average Bonchev–Trinajstić information content (AvgIpc) is 3.38. The predicted octanol–water partition coefficient (Wildman–Crippen LogP) is 4.08. The van der Waals surface area contributed by atoms with Crippen LogP contribution in [0.1, 0.15) is 40.5 Å². The Bertz CT molecular complexity index is 1530. The van der Waals surface area contributed by atoms with E-state index in [9.17, 15) is 18.0 Å². The second-order valence-corrected chi connectivity index (χ2v) is 12.4. The van der Waals surface area contributed by atoms with Crippen molar-refractivity contribution in [3.63, 3.8) is 0 Å². The zero-order valence-corrected chi connectivity index (χ0v) is 25.0. The minimum atomic E-state index is -3.98. The molecule has 2 heterocycles. The number of aromatic nitrogens is 1. The molecule has 0 unspecified atom stereocenters. The first-order valence-electron chi connectivity index (χ1n) is 13.0. The van der Waals surface area contributed by atoms with Crippen molar-refractivity contribution < 1.29 is 32.0 Å². The summed E-state index contributed by atoms with van der Waals surface area (Å²) in [6.07, 6.45) is -0.457. The van der Waals surface area contributed by atoms with Gasteiger partial charge in [-0.15, -0.1) is 0 Å². The molecule has 0 radical (unpaired) electrons. The van der Waals surface area contributed by atoms with Gasteiger partial charge in [-0.05, 0) is 50.1 Å². The third kappa shape index (κ3) is 6.89. The Morgan fingerprint density at radius 3 is 2.56 bits per heavy atom. The van der Waals surface area contributed by atoms with Crippen LogP contribution in [0.3, 0.4) is 0 Å². The molecule has 4 rings (SSSR count). The van der Waals surface area contributed by atoms with Gasteiger partial charge in [0.05, 0.1) is 22.6 Å². The topological polar surface area (TPSA) is 131 Å². The first-order valence-corrected chi connectivity index (χ1v) is 14.8. The number of anilines is 1. The molecule has 220 valence electrons. The number of amides is 2. The van der Waals surface area contributed by atoms with Crippen LogP contribution in [0.2, 0.25) is 5.02 Å². The quantitative estimate of drug-likeness (QED) is 0.461. The van der Waals surface area contributed by atoms with E-state index in [1.54, 1.807) is 45.2 Å². The molecule has 3 atom stereocenters. The number of fused-ring (bicyclic) bond motifs is 1. The van der Waals surface area contributed by atoms with Gasteiger partial charge in [0.15, 0.2) is 5.69 Å². The van der Waals surface area contributed by atoms with E-state index in [0.717, 1.165) is 0 Å². The Morgan fingerprint density at radius 1 is 1.15 bits per heavy atom. The van der Waals surface area contributed by atoms with Crippen LogP contribution in [-0.2, 0) is 14.8 Å². The maximum absolute atomic E-state index is 13.8. The molecule has 41 heavy (non-hydrogen) atoms. The largest absolute Gasteiger partial charge is 0.491 e. The Morgan fingerprint density at radius 2 is 1.90 bits per heavy atom. The van der Waals surface area contributed by atoms with Crippen molar-refractivity contribution in [2.24, 2.45) is 5.92 Å². The first-order chi connectivity index (χ1) is 19.4. The predicted molar refractivity (Wildman–Crippen MR) is 153 cm³/mol. The van der Waals surface area contributed by atoms with Crippen molar-refractivity contribution in [2.75, 3.05) is 39.2 Å². The molecule has 3 aromatic rings. The molecule has 1 aromatic heterocycles. The number of ether oxygens (including phenoxy) is 2. The number of benzene rings is 2. The Labute approximate surface area is 244 Å². The third-order valence-corrected chi connectivity index (χ3v) is 9.12. The second kappa shape index (κ2) is 12.6. The summed E-state index contributed by atoms with van der Waals surface area (Å²) in [5.74, 6) is -0.410. The number of hydrogen-bond acceptors (Lipinski definition) is 8. The van der Waals surface area contributed by atoms with Crippen LogP contribution in [0.25, 0.3) is 0 Å². The van der Waals surface area contributed by atoms with Crippen LogP contribution in [0.4, 0.5) is 5.69 Å². The van der Waals surface area contributed by atoms with E-state index < -0.39 is 28.1 Å². The van der Waals surface area contributed by atoms with E-state index in [1.807, 2.05) is 6.92 Å². The number of hydrogen-bond donors (Lipinski definition) is 1. The maximum Gasteiger partial charge on any atom is 0.277 e. The lowest BCUT2D eigenvalue weighted by Crippen LogP contribution is -2.48. The van der Waals surface area contributed by atoms with Gasteiger partial charge in [0.1, 0.15) is 18.1 Å². The molecule has 0 bridgehead atoms. The van der Waals surface area contributed by atoms with Crippen LogP contribution in [0.5, 0.6) is 5.75 Å². The number of nitrogens with zero attached hydrogens (tertiary/aromatic N) is 3. The number of carbonyl (C=O) groups excluding carboxylic acids is 2. The molecule has 11 nitrogen and oxygen atoms in total. The molecular formula is C28H33ClN4O7S. The van der Waals surface area contributed by atoms with Gasteiger partial charge in [0.2, 0.25) is 10.0 Å². The Hall–Kier alpha value is -3.45. The van der Waals surface area contributed by atoms with Crippen LogP contribution in [0, 0.1) is 12.8 Å². The minimum absolute atomic E-state index is 0.0610. The highest BCUT2D eigenvalue weighted by molar-refractivity contribution is 7.89. The average molecular weight is 605 g/mol. The minimum Gasteiger partial charge on any atom is -0.491 e. The fourth-order valence-electron chi connectivity index (χ4n) is 4.58. The van der Waals surface area contributed by atoms with Crippen molar-refractivity contribution in [3.05, 3.63) is 70.6 Å².